The van der Waals surface area contributed by atoms with Crippen LogP contribution in [-0.4, -0.2) is 53.4 Å². The summed E-state index contributed by atoms with van der Waals surface area (Å²) in [7, 11) is -0.714. The average Bonchev–Trinajstić information content (AvgIpc) is 2.70. The van der Waals surface area contributed by atoms with Crippen LogP contribution in [0.25, 0.3) is 0 Å². The van der Waals surface area contributed by atoms with Crippen molar-refractivity contribution in [3.05, 3.63) is 42.0 Å². The minimum absolute atomic E-state index is 0.00910. The van der Waals surface area contributed by atoms with E-state index in [1.54, 1.807) is 6.07 Å². The first-order chi connectivity index (χ1) is 15.0. The Morgan fingerprint density at radius 1 is 0.969 bits per heavy atom. The van der Waals surface area contributed by atoms with Gasteiger partial charge in [0.05, 0.1) is 26.2 Å². The number of sulfonamides is 1. The Morgan fingerprint density at radius 3 is 2.22 bits per heavy atom. The summed E-state index contributed by atoms with van der Waals surface area (Å²) in [6, 6.07) is 9.07. The third-order valence-corrected chi connectivity index (χ3v) is 4.58. The van der Waals surface area contributed by atoms with Crippen LogP contribution in [0, 0.1) is 0 Å². The number of anilines is 2. The van der Waals surface area contributed by atoms with Crippen molar-refractivity contribution in [2.24, 2.45) is 0 Å². The maximum atomic E-state index is 12.7. The van der Waals surface area contributed by atoms with Crippen LogP contribution in [0.15, 0.2) is 36.4 Å². The molecule has 10 nitrogen and oxygen atoms in total. The SMILES string of the molecule is COc1ccc(NC(=O)c2ccc(OCC(=O)NC(C)C)c(OC)c2)cc1NS(C)(=O)=O. The molecule has 0 unspecified atom stereocenters. The zero-order chi connectivity index (χ0) is 23.9. The lowest BCUT2D eigenvalue weighted by Crippen LogP contribution is -2.34. The van der Waals surface area contributed by atoms with Gasteiger partial charge in [0, 0.05) is 17.3 Å². The fourth-order valence-corrected chi connectivity index (χ4v) is 3.26. The summed E-state index contributed by atoms with van der Waals surface area (Å²) in [6.07, 6.45) is 1.01. The number of amides is 2. The molecule has 0 bridgehead atoms. The molecular weight excluding hydrogens is 438 g/mol. The Hall–Kier alpha value is -3.47. The summed E-state index contributed by atoms with van der Waals surface area (Å²) in [6.45, 7) is 3.49. The van der Waals surface area contributed by atoms with Crippen LogP contribution in [-0.2, 0) is 14.8 Å². The van der Waals surface area contributed by atoms with Gasteiger partial charge in [-0.1, -0.05) is 0 Å². The van der Waals surface area contributed by atoms with Crippen molar-refractivity contribution >= 4 is 33.2 Å². The highest BCUT2D eigenvalue weighted by atomic mass is 32.2. The number of carbonyl (C=O) groups excluding carboxylic acids is 2. The lowest BCUT2D eigenvalue weighted by atomic mass is 10.1. The van der Waals surface area contributed by atoms with Crippen LogP contribution in [0.5, 0.6) is 17.2 Å². The van der Waals surface area contributed by atoms with Gasteiger partial charge in [0.1, 0.15) is 5.75 Å². The molecule has 11 heteroatoms. The monoisotopic (exact) mass is 465 g/mol. The van der Waals surface area contributed by atoms with Gasteiger partial charge in [-0.3, -0.25) is 14.3 Å². The van der Waals surface area contributed by atoms with Gasteiger partial charge in [0.15, 0.2) is 18.1 Å². The number of hydrogen-bond donors (Lipinski definition) is 3. The molecule has 0 aliphatic rings. The highest BCUT2D eigenvalue weighted by molar-refractivity contribution is 7.92. The molecular formula is C21H27N3O7S. The second-order valence-corrected chi connectivity index (χ2v) is 8.87. The van der Waals surface area contributed by atoms with Crippen molar-refractivity contribution < 1.29 is 32.2 Å². The van der Waals surface area contributed by atoms with E-state index < -0.39 is 15.9 Å². The number of nitrogens with one attached hydrogen (secondary N) is 3. The number of rotatable bonds is 10. The molecule has 0 aliphatic carbocycles. The Balaban J connectivity index is 2.16. The minimum atomic E-state index is -3.54. The van der Waals surface area contributed by atoms with E-state index in [9.17, 15) is 18.0 Å². The summed E-state index contributed by atoms with van der Waals surface area (Å²) in [5.41, 5.74) is 0.815. The van der Waals surface area contributed by atoms with Crippen molar-refractivity contribution in [3.8, 4) is 17.2 Å². The molecule has 2 rings (SSSR count). The number of ether oxygens (including phenoxy) is 3. The summed E-state index contributed by atoms with van der Waals surface area (Å²) < 4.78 is 41.4. The molecule has 0 aromatic heterocycles. The van der Waals surface area contributed by atoms with Gasteiger partial charge in [-0.15, -0.1) is 0 Å². The molecule has 0 saturated heterocycles. The standard InChI is InChI=1S/C21H27N3O7S/c1-13(2)22-20(25)12-31-18-8-6-14(10-19(18)30-4)21(26)23-15-7-9-17(29-3)16(11-15)24-32(5,27)28/h6-11,13,24H,12H2,1-5H3,(H,22,25)(H,23,26). The zero-order valence-corrected chi connectivity index (χ0v) is 19.3. The van der Waals surface area contributed by atoms with Crippen LogP contribution in [0.1, 0.15) is 24.2 Å². The van der Waals surface area contributed by atoms with Crippen LogP contribution in [0.2, 0.25) is 0 Å². The van der Waals surface area contributed by atoms with Gasteiger partial charge in [-0.25, -0.2) is 8.42 Å². The molecule has 2 aromatic carbocycles. The second-order valence-electron chi connectivity index (χ2n) is 7.12. The molecule has 174 valence electrons. The van der Waals surface area contributed by atoms with Crippen LogP contribution in [0.4, 0.5) is 11.4 Å². The summed E-state index contributed by atoms with van der Waals surface area (Å²) >= 11 is 0. The van der Waals surface area contributed by atoms with Crippen LogP contribution < -0.4 is 29.6 Å². The van der Waals surface area contributed by atoms with Crippen LogP contribution >= 0.6 is 0 Å². The van der Waals surface area contributed by atoms with Gasteiger partial charge in [0.2, 0.25) is 10.0 Å². The average molecular weight is 466 g/mol. The van der Waals surface area contributed by atoms with Crippen LogP contribution in [0.3, 0.4) is 0 Å². The first-order valence-corrected chi connectivity index (χ1v) is 11.5. The van der Waals surface area contributed by atoms with E-state index in [0.29, 0.717) is 17.2 Å². The maximum Gasteiger partial charge on any atom is 0.258 e. The van der Waals surface area contributed by atoms with E-state index in [4.69, 9.17) is 14.2 Å². The highest BCUT2D eigenvalue weighted by Gasteiger charge is 2.15. The summed E-state index contributed by atoms with van der Waals surface area (Å²) in [5.74, 6) is 0.166. The first-order valence-electron chi connectivity index (χ1n) is 9.59. The van der Waals surface area contributed by atoms with Crippen molar-refractivity contribution in [2.45, 2.75) is 19.9 Å². The molecule has 0 radical (unpaired) electrons. The van der Waals surface area contributed by atoms with Gasteiger partial charge in [0.25, 0.3) is 11.8 Å². The molecule has 0 atom stereocenters. The minimum Gasteiger partial charge on any atom is -0.495 e. The van der Waals surface area contributed by atoms with Gasteiger partial charge < -0.3 is 24.8 Å². The lowest BCUT2D eigenvalue weighted by molar-refractivity contribution is -0.123. The van der Waals surface area contributed by atoms with Gasteiger partial charge in [-0.2, -0.15) is 0 Å². The highest BCUT2D eigenvalue weighted by Crippen LogP contribution is 2.30. The number of benzene rings is 2. The second kappa shape index (κ2) is 10.7. The Morgan fingerprint density at radius 2 is 1.62 bits per heavy atom. The molecule has 0 aliphatic heterocycles. The Kier molecular flexibility index (Phi) is 8.30. The van der Waals surface area contributed by atoms with E-state index in [2.05, 4.69) is 15.4 Å². The fraction of sp³-hybridized carbons (Fsp3) is 0.333. The quantitative estimate of drug-likeness (QED) is 0.490. The van der Waals surface area contributed by atoms with Crippen molar-refractivity contribution in [2.75, 3.05) is 37.1 Å². The zero-order valence-electron chi connectivity index (χ0n) is 18.5. The smallest absolute Gasteiger partial charge is 0.258 e. The Labute approximate surface area is 187 Å². The molecule has 0 saturated carbocycles. The number of carbonyl (C=O) groups is 2. The molecule has 2 amide bonds. The third kappa shape index (κ3) is 7.34. The van der Waals surface area contributed by atoms with Crippen molar-refractivity contribution in [1.82, 2.24) is 5.32 Å². The predicted molar refractivity (Wildman–Crippen MR) is 121 cm³/mol. The molecule has 2 aromatic rings. The van der Waals surface area contributed by atoms with E-state index in [0.717, 1.165) is 6.26 Å². The normalized spacial score (nSPS) is 10.9. The summed E-state index contributed by atoms with van der Waals surface area (Å²) in [5, 5.41) is 5.40. The van der Waals surface area contributed by atoms with E-state index in [-0.39, 0.29) is 35.6 Å². The lowest BCUT2D eigenvalue weighted by Gasteiger charge is -2.14. The van der Waals surface area contributed by atoms with E-state index in [1.807, 2.05) is 13.8 Å². The van der Waals surface area contributed by atoms with Crippen molar-refractivity contribution in [3.63, 3.8) is 0 Å². The molecule has 32 heavy (non-hydrogen) atoms. The first kappa shape index (κ1) is 24.8. The molecule has 0 heterocycles. The van der Waals surface area contributed by atoms with Gasteiger partial charge in [-0.05, 0) is 50.2 Å². The summed E-state index contributed by atoms with van der Waals surface area (Å²) in [4.78, 5) is 24.5. The molecule has 0 fully saturated rings. The van der Waals surface area contributed by atoms with E-state index in [1.165, 1.54) is 44.6 Å². The molecule has 0 spiro atoms. The number of methoxy groups -OCH3 is 2. The molecule has 3 N–H and O–H groups in total. The van der Waals surface area contributed by atoms with Crippen molar-refractivity contribution in [1.29, 1.82) is 0 Å². The largest absolute Gasteiger partial charge is 0.495 e. The number of hydrogen-bond acceptors (Lipinski definition) is 7. The maximum absolute atomic E-state index is 12.7. The fourth-order valence-electron chi connectivity index (χ4n) is 2.70. The van der Waals surface area contributed by atoms with E-state index >= 15 is 0 Å². The topological polar surface area (TPSA) is 132 Å². The van der Waals surface area contributed by atoms with Gasteiger partial charge >= 0.3 is 0 Å². The third-order valence-electron chi connectivity index (χ3n) is 3.99. The Bertz CT molecular complexity index is 1080. The predicted octanol–water partition coefficient (Wildman–Crippen LogP) is 2.23.